The zero-order valence-corrected chi connectivity index (χ0v) is 19.2. The zero-order valence-electron chi connectivity index (χ0n) is 19.2. The topological polar surface area (TPSA) is 20.2 Å². The third kappa shape index (κ3) is 12.9. The van der Waals surface area contributed by atoms with Crippen molar-refractivity contribution in [1.82, 2.24) is 0 Å². The summed E-state index contributed by atoms with van der Waals surface area (Å²) in [7, 11) is 0. The van der Waals surface area contributed by atoms with Crippen molar-refractivity contribution in [1.29, 1.82) is 0 Å². The molecule has 0 radical (unpaired) electrons. The van der Waals surface area contributed by atoms with Gasteiger partial charge in [0, 0.05) is 0 Å². The molecular formula is C26H46O. The quantitative estimate of drug-likeness (QED) is 0.364. The molecule has 1 aromatic carbocycles. The van der Waals surface area contributed by atoms with Gasteiger partial charge in [-0.15, -0.1) is 0 Å². The molecule has 0 unspecified atom stereocenters. The first kappa shape index (κ1) is 24.1. The highest BCUT2D eigenvalue weighted by molar-refractivity contribution is 5.36. The molecule has 0 spiro atoms. The second-order valence-corrected chi connectivity index (χ2v) is 10.9. The Labute approximate surface area is 170 Å². The zero-order chi connectivity index (χ0) is 20.3. The smallest absolute Gasteiger partial charge is 0.118 e. The van der Waals surface area contributed by atoms with E-state index in [1.165, 1.54) is 69.8 Å². The van der Waals surface area contributed by atoms with Gasteiger partial charge in [0.05, 0.1) is 0 Å². The van der Waals surface area contributed by atoms with Crippen LogP contribution in [0.4, 0.5) is 0 Å². The lowest BCUT2D eigenvalue weighted by Crippen LogP contribution is -2.04. The molecule has 0 amide bonds. The normalized spacial score (nSPS) is 12.5. The van der Waals surface area contributed by atoms with E-state index in [-0.39, 0.29) is 0 Å². The van der Waals surface area contributed by atoms with Crippen molar-refractivity contribution in [2.45, 2.75) is 119 Å². The Morgan fingerprint density at radius 3 is 1.63 bits per heavy atom. The lowest BCUT2D eigenvalue weighted by atomic mass is 9.89. The van der Waals surface area contributed by atoms with Crippen LogP contribution in [0, 0.1) is 10.8 Å². The van der Waals surface area contributed by atoms with E-state index in [9.17, 15) is 5.11 Å². The second-order valence-electron chi connectivity index (χ2n) is 10.9. The number of hydrogen-bond donors (Lipinski definition) is 1. The molecule has 0 bridgehead atoms. The molecule has 1 N–H and O–H groups in total. The molecular weight excluding hydrogens is 328 g/mol. The van der Waals surface area contributed by atoms with E-state index in [1.54, 1.807) is 0 Å². The van der Waals surface area contributed by atoms with Gasteiger partial charge in [-0.3, -0.25) is 0 Å². The van der Waals surface area contributed by atoms with Crippen molar-refractivity contribution >= 4 is 0 Å². The number of rotatable bonds is 12. The van der Waals surface area contributed by atoms with Crippen LogP contribution in [0.1, 0.15) is 117 Å². The van der Waals surface area contributed by atoms with Crippen LogP contribution in [0.3, 0.4) is 0 Å². The Hall–Kier alpha value is -0.980. The van der Waals surface area contributed by atoms with Gasteiger partial charge >= 0.3 is 0 Å². The summed E-state index contributed by atoms with van der Waals surface area (Å²) in [5.41, 5.74) is 3.47. The van der Waals surface area contributed by atoms with Crippen LogP contribution in [0.5, 0.6) is 5.75 Å². The Kier molecular flexibility index (Phi) is 10.5. The molecule has 1 nitrogen and oxygen atoms in total. The molecule has 1 rings (SSSR count). The highest BCUT2D eigenvalue weighted by atomic mass is 16.3. The largest absolute Gasteiger partial charge is 0.508 e. The van der Waals surface area contributed by atoms with Crippen LogP contribution in [0.25, 0.3) is 0 Å². The average Bonchev–Trinajstić information content (AvgIpc) is 2.54. The van der Waals surface area contributed by atoms with E-state index in [0.717, 1.165) is 18.4 Å². The van der Waals surface area contributed by atoms with Gasteiger partial charge in [-0.1, -0.05) is 92.2 Å². The molecule has 156 valence electrons. The summed E-state index contributed by atoms with van der Waals surface area (Å²) >= 11 is 0. The van der Waals surface area contributed by atoms with Gasteiger partial charge in [0.1, 0.15) is 5.75 Å². The standard InChI is InChI=1S/C26H46O/c1-25(2,3)19-13-9-7-11-15-22-17-18-24(27)23(21-22)16-12-8-10-14-20-26(4,5)6/h17-18,21,27H,7-16,19-20H2,1-6H3. The van der Waals surface area contributed by atoms with Crippen LogP contribution in [-0.4, -0.2) is 5.11 Å². The summed E-state index contributed by atoms with van der Waals surface area (Å²) < 4.78 is 0. The number of phenolic OH excluding ortho intramolecular Hbond substituents is 1. The lowest BCUT2D eigenvalue weighted by Gasteiger charge is -2.17. The number of benzene rings is 1. The van der Waals surface area contributed by atoms with E-state index in [1.807, 2.05) is 6.07 Å². The SMILES string of the molecule is CC(C)(C)CCCCCCc1ccc(O)c(CCCCCCC(C)(C)C)c1. The summed E-state index contributed by atoms with van der Waals surface area (Å²) in [4.78, 5) is 0. The van der Waals surface area contributed by atoms with Gasteiger partial charge in [0.25, 0.3) is 0 Å². The fraction of sp³-hybridized carbons (Fsp3) is 0.769. The second kappa shape index (κ2) is 11.8. The molecule has 0 atom stereocenters. The Morgan fingerprint density at radius 2 is 1.11 bits per heavy atom. The maximum atomic E-state index is 10.2. The van der Waals surface area contributed by atoms with Gasteiger partial charge in [-0.05, 0) is 66.5 Å². The predicted molar refractivity (Wildman–Crippen MR) is 121 cm³/mol. The van der Waals surface area contributed by atoms with Crippen LogP contribution in [0.15, 0.2) is 18.2 Å². The van der Waals surface area contributed by atoms with Crippen molar-refractivity contribution in [3.63, 3.8) is 0 Å². The molecule has 0 saturated heterocycles. The highest BCUT2D eigenvalue weighted by Gasteiger charge is 2.10. The molecule has 0 aliphatic heterocycles. The molecule has 0 saturated carbocycles. The maximum absolute atomic E-state index is 10.2. The summed E-state index contributed by atoms with van der Waals surface area (Å²) in [6.07, 6.45) is 15.2. The van der Waals surface area contributed by atoms with Crippen molar-refractivity contribution in [3.8, 4) is 5.75 Å². The molecule has 27 heavy (non-hydrogen) atoms. The predicted octanol–water partition coefficient (Wildman–Crippen LogP) is 8.47. The lowest BCUT2D eigenvalue weighted by molar-refractivity contribution is 0.357. The fourth-order valence-electron chi connectivity index (χ4n) is 3.66. The summed E-state index contributed by atoms with van der Waals surface area (Å²) in [6, 6.07) is 6.26. The minimum atomic E-state index is 0.458. The maximum Gasteiger partial charge on any atom is 0.118 e. The number of aromatic hydroxyl groups is 1. The van der Waals surface area contributed by atoms with Gasteiger partial charge in [0.15, 0.2) is 0 Å². The van der Waals surface area contributed by atoms with Crippen LogP contribution < -0.4 is 0 Å². The van der Waals surface area contributed by atoms with E-state index in [4.69, 9.17) is 0 Å². The van der Waals surface area contributed by atoms with Crippen LogP contribution in [-0.2, 0) is 12.8 Å². The minimum Gasteiger partial charge on any atom is -0.508 e. The van der Waals surface area contributed by atoms with Gasteiger partial charge in [0.2, 0.25) is 0 Å². The summed E-state index contributed by atoms with van der Waals surface area (Å²) in [6.45, 7) is 13.9. The average molecular weight is 375 g/mol. The molecule has 1 heteroatoms. The first-order valence-electron chi connectivity index (χ1n) is 11.4. The fourth-order valence-corrected chi connectivity index (χ4v) is 3.66. The molecule has 0 aromatic heterocycles. The molecule has 0 aliphatic carbocycles. The van der Waals surface area contributed by atoms with Crippen LogP contribution >= 0.6 is 0 Å². The van der Waals surface area contributed by atoms with Gasteiger partial charge in [-0.2, -0.15) is 0 Å². The van der Waals surface area contributed by atoms with Crippen molar-refractivity contribution < 1.29 is 5.11 Å². The third-order valence-electron chi connectivity index (χ3n) is 5.41. The van der Waals surface area contributed by atoms with E-state index in [0.29, 0.717) is 16.6 Å². The van der Waals surface area contributed by atoms with Crippen molar-refractivity contribution in [2.75, 3.05) is 0 Å². The van der Waals surface area contributed by atoms with E-state index < -0.39 is 0 Å². The third-order valence-corrected chi connectivity index (χ3v) is 5.41. The molecule has 0 heterocycles. The number of aryl methyl sites for hydroxylation is 2. The van der Waals surface area contributed by atoms with Crippen LogP contribution in [0.2, 0.25) is 0 Å². The Morgan fingerprint density at radius 1 is 0.630 bits per heavy atom. The summed E-state index contributed by atoms with van der Waals surface area (Å²) in [5.74, 6) is 0.485. The van der Waals surface area contributed by atoms with Gasteiger partial charge in [-0.25, -0.2) is 0 Å². The number of hydrogen-bond acceptors (Lipinski definition) is 1. The highest BCUT2D eigenvalue weighted by Crippen LogP contribution is 2.25. The Bertz CT molecular complexity index is 516. The first-order chi connectivity index (χ1) is 12.6. The summed E-state index contributed by atoms with van der Waals surface area (Å²) in [5, 5.41) is 10.2. The van der Waals surface area contributed by atoms with Gasteiger partial charge < -0.3 is 5.11 Å². The molecule has 1 aromatic rings. The van der Waals surface area contributed by atoms with Crippen molar-refractivity contribution in [2.24, 2.45) is 10.8 Å². The number of phenols is 1. The van der Waals surface area contributed by atoms with E-state index >= 15 is 0 Å². The number of unbranched alkanes of at least 4 members (excludes halogenated alkanes) is 6. The minimum absolute atomic E-state index is 0.458. The van der Waals surface area contributed by atoms with Crippen molar-refractivity contribution in [3.05, 3.63) is 29.3 Å². The monoisotopic (exact) mass is 374 g/mol. The van der Waals surface area contributed by atoms with E-state index in [2.05, 4.69) is 53.7 Å². The molecule has 0 fully saturated rings. The first-order valence-corrected chi connectivity index (χ1v) is 11.4. The molecule has 0 aliphatic rings. The Balaban J connectivity index is 2.25.